The second-order valence-electron chi connectivity index (χ2n) is 7.36. The van der Waals surface area contributed by atoms with Gasteiger partial charge >= 0.3 is 0 Å². The number of hydrogen-bond donors (Lipinski definition) is 1. The molecule has 0 aromatic carbocycles. The fourth-order valence-corrected chi connectivity index (χ4v) is 3.45. The van der Waals surface area contributed by atoms with E-state index in [9.17, 15) is 0 Å². The average Bonchev–Trinajstić information content (AvgIpc) is 2.55. The molecule has 0 saturated carbocycles. The van der Waals surface area contributed by atoms with Crippen LogP contribution >= 0.6 is 0 Å². The summed E-state index contributed by atoms with van der Waals surface area (Å²) in [7, 11) is 0. The molecule has 102 valence electrons. The van der Waals surface area contributed by atoms with Gasteiger partial charge in [-0.1, -0.05) is 46.7 Å². The highest BCUT2D eigenvalue weighted by Crippen LogP contribution is 2.46. The lowest BCUT2D eigenvalue weighted by Gasteiger charge is -2.39. The molecule has 0 spiro atoms. The van der Waals surface area contributed by atoms with Crippen LogP contribution in [0.3, 0.4) is 0 Å². The first-order valence-corrected chi connectivity index (χ1v) is 6.93. The van der Waals surface area contributed by atoms with Crippen molar-refractivity contribution in [3.63, 3.8) is 0 Å². The SMILES string of the molecule is CC(C)NCc1noc2c1C(C)(C)CC(C)(C)C2. The van der Waals surface area contributed by atoms with Gasteiger partial charge in [0.15, 0.2) is 0 Å². The summed E-state index contributed by atoms with van der Waals surface area (Å²) in [6.45, 7) is 14.4. The molecule has 3 nitrogen and oxygen atoms in total. The molecule has 1 aliphatic carbocycles. The van der Waals surface area contributed by atoms with E-state index >= 15 is 0 Å². The zero-order chi connectivity index (χ0) is 13.6. The summed E-state index contributed by atoms with van der Waals surface area (Å²) < 4.78 is 5.60. The molecular weight excluding hydrogens is 224 g/mol. The van der Waals surface area contributed by atoms with Crippen molar-refractivity contribution in [1.29, 1.82) is 0 Å². The van der Waals surface area contributed by atoms with Crippen LogP contribution in [0.1, 0.15) is 65.0 Å². The minimum Gasteiger partial charge on any atom is -0.361 e. The van der Waals surface area contributed by atoms with E-state index < -0.39 is 0 Å². The van der Waals surface area contributed by atoms with Crippen LogP contribution in [0.25, 0.3) is 0 Å². The molecule has 0 radical (unpaired) electrons. The van der Waals surface area contributed by atoms with Crippen LogP contribution in [0.2, 0.25) is 0 Å². The highest BCUT2D eigenvalue weighted by molar-refractivity contribution is 5.34. The van der Waals surface area contributed by atoms with E-state index in [-0.39, 0.29) is 5.41 Å². The molecule has 1 aromatic rings. The van der Waals surface area contributed by atoms with Crippen LogP contribution < -0.4 is 5.32 Å². The second-order valence-corrected chi connectivity index (χ2v) is 7.36. The number of hydrogen-bond acceptors (Lipinski definition) is 3. The fourth-order valence-electron chi connectivity index (χ4n) is 3.45. The molecule has 0 saturated heterocycles. The van der Waals surface area contributed by atoms with Gasteiger partial charge in [-0.3, -0.25) is 0 Å². The molecule has 0 unspecified atom stereocenters. The molecule has 0 bridgehead atoms. The summed E-state index contributed by atoms with van der Waals surface area (Å²) in [5.41, 5.74) is 2.90. The Morgan fingerprint density at radius 3 is 2.56 bits per heavy atom. The molecule has 1 aliphatic rings. The van der Waals surface area contributed by atoms with Gasteiger partial charge in [-0.25, -0.2) is 0 Å². The van der Waals surface area contributed by atoms with Gasteiger partial charge in [0, 0.05) is 24.6 Å². The third-order valence-corrected chi connectivity index (χ3v) is 3.75. The average molecular weight is 250 g/mol. The molecular formula is C15H26N2O. The maximum Gasteiger partial charge on any atom is 0.141 e. The number of aromatic nitrogens is 1. The van der Waals surface area contributed by atoms with Gasteiger partial charge in [-0.05, 0) is 17.3 Å². The van der Waals surface area contributed by atoms with Crippen LogP contribution in [0.5, 0.6) is 0 Å². The zero-order valence-corrected chi connectivity index (χ0v) is 12.6. The number of rotatable bonds is 3. The quantitative estimate of drug-likeness (QED) is 0.893. The lowest BCUT2D eigenvalue weighted by Crippen LogP contribution is -2.35. The maximum absolute atomic E-state index is 5.60. The zero-order valence-electron chi connectivity index (χ0n) is 12.6. The molecule has 0 amide bonds. The molecule has 0 aliphatic heterocycles. The Morgan fingerprint density at radius 2 is 1.94 bits per heavy atom. The summed E-state index contributed by atoms with van der Waals surface area (Å²) in [6, 6.07) is 0.473. The Kier molecular flexibility index (Phi) is 3.30. The summed E-state index contributed by atoms with van der Waals surface area (Å²) in [6.07, 6.45) is 2.18. The Labute approximate surface area is 110 Å². The maximum atomic E-state index is 5.60. The number of nitrogens with zero attached hydrogens (tertiary/aromatic N) is 1. The topological polar surface area (TPSA) is 38.1 Å². The van der Waals surface area contributed by atoms with Gasteiger partial charge in [0.2, 0.25) is 0 Å². The Balaban J connectivity index is 2.31. The van der Waals surface area contributed by atoms with Crippen molar-refractivity contribution in [2.75, 3.05) is 0 Å². The third kappa shape index (κ3) is 2.61. The minimum absolute atomic E-state index is 0.158. The van der Waals surface area contributed by atoms with Gasteiger partial charge in [0.1, 0.15) is 11.5 Å². The predicted octanol–water partition coefficient (Wildman–Crippen LogP) is 3.42. The molecule has 2 rings (SSSR count). The van der Waals surface area contributed by atoms with Crippen molar-refractivity contribution in [1.82, 2.24) is 10.5 Å². The van der Waals surface area contributed by atoms with Crippen LogP contribution in [0, 0.1) is 5.41 Å². The van der Waals surface area contributed by atoms with Crippen LogP contribution in [-0.2, 0) is 18.4 Å². The molecule has 1 heterocycles. The predicted molar refractivity (Wildman–Crippen MR) is 73.6 cm³/mol. The molecule has 0 fully saturated rings. The number of nitrogens with one attached hydrogen (secondary N) is 1. The fraction of sp³-hybridized carbons (Fsp3) is 0.800. The Bertz CT molecular complexity index is 430. The van der Waals surface area contributed by atoms with E-state index in [1.54, 1.807) is 0 Å². The van der Waals surface area contributed by atoms with Crippen molar-refractivity contribution in [2.45, 2.75) is 72.4 Å². The van der Waals surface area contributed by atoms with E-state index in [0.29, 0.717) is 11.5 Å². The third-order valence-electron chi connectivity index (χ3n) is 3.75. The van der Waals surface area contributed by atoms with Crippen LogP contribution in [0.15, 0.2) is 4.52 Å². The molecule has 18 heavy (non-hydrogen) atoms. The van der Waals surface area contributed by atoms with Crippen molar-refractivity contribution in [2.24, 2.45) is 5.41 Å². The first-order valence-electron chi connectivity index (χ1n) is 6.93. The normalized spacial score (nSPS) is 21.1. The first kappa shape index (κ1) is 13.6. The lowest BCUT2D eigenvalue weighted by molar-refractivity contribution is 0.203. The highest BCUT2D eigenvalue weighted by atomic mass is 16.5. The van der Waals surface area contributed by atoms with Crippen LogP contribution in [0.4, 0.5) is 0 Å². The van der Waals surface area contributed by atoms with Crippen molar-refractivity contribution < 1.29 is 4.52 Å². The van der Waals surface area contributed by atoms with Crippen molar-refractivity contribution in [3.8, 4) is 0 Å². The highest BCUT2D eigenvalue weighted by Gasteiger charge is 2.41. The molecule has 0 atom stereocenters. The van der Waals surface area contributed by atoms with Gasteiger partial charge in [0.05, 0.1) is 0 Å². The van der Waals surface area contributed by atoms with E-state index in [0.717, 1.165) is 24.4 Å². The molecule has 1 N–H and O–H groups in total. The van der Waals surface area contributed by atoms with E-state index in [4.69, 9.17) is 4.52 Å². The second kappa shape index (κ2) is 4.37. The first-order chi connectivity index (χ1) is 8.21. The summed E-state index contributed by atoms with van der Waals surface area (Å²) in [5, 5.41) is 7.73. The van der Waals surface area contributed by atoms with Gasteiger partial charge in [-0.2, -0.15) is 0 Å². The lowest BCUT2D eigenvalue weighted by atomic mass is 9.64. The number of fused-ring (bicyclic) bond motifs is 1. The smallest absolute Gasteiger partial charge is 0.141 e. The van der Waals surface area contributed by atoms with Gasteiger partial charge in [-0.15, -0.1) is 0 Å². The van der Waals surface area contributed by atoms with Crippen molar-refractivity contribution >= 4 is 0 Å². The summed E-state index contributed by atoms with van der Waals surface area (Å²) in [4.78, 5) is 0. The van der Waals surface area contributed by atoms with Crippen molar-refractivity contribution in [3.05, 3.63) is 17.0 Å². The molecule has 1 aromatic heterocycles. The monoisotopic (exact) mass is 250 g/mol. The van der Waals surface area contributed by atoms with Crippen LogP contribution in [-0.4, -0.2) is 11.2 Å². The Morgan fingerprint density at radius 1 is 1.28 bits per heavy atom. The van der Waals surface area contributed by atoms with Gasteiger partial charge < -0.3 is 9.84 Å². The largest absolute Gasteiger partial charge is 0.361 e. The Hall–Kier alpha value is -0.830. The minimum atomic E-state index is 0.158. The van der Waals surface area contributed by atoms with E-state index in [1.807, 2.05) is 0 Å². The standard InChI is InChI=1S/C15H26N2O/c1-10(2)16-8-11-13-12(18-17-11)7-14(3,4)9-15(13,5)6/h10,16H,7-9H2,1-6H3. The molecule has 3 heteroatoms. The van der Waals surface area contributed by atoms with Gasteiger partial charge in [0.25, 0.3) is 0 Å². The van der Waals surface area contributed by atoms with E-state index in [2.05, 4.69) is 52.0 Å². The van der Waals surface area contributed by atoms with E-state index in [1.165, 1.54) is 12.0 Å². The summed E-state index contributed by atoms with van der Waals surface area (Å²) in [5.74, 6) is 1.09. The summed E-state index contributed by atoms with van der Waals surface area (Å²) >= 11 is 0.